The second-order valence-corrected chi connectivity index (χ2v) is 10.0. The van der Waals surface area contributed by atoms with Gasteiger partial charge in [-0.3, -0.25) is 4.79 Å². The Labute approximate surface area is 173 Å². The van der Waals surface area contributed by atoms with Crippen molar-refractivity contribution in [1.29, 1.82) is 0 Å². The highest BCUT2D eigenvalue weighted by atomic mass is 32.2. The molecule has 1 atom stereocenters. The first-order chi connectivity index (χ1) is 13.7. The van der Waals surface area contributed by atoms with Gasteiger partial charge in [0, 0.05) is 19.0 Å². The Hall–Kier alpha value is -2.11. The number of aromatic nitrogens is 2. The average molecular weight is 441 g/mol. The number of nitrogens with one attached hydrogen (secondary N) is 1. The number of fused-ring (bicyclic) bond motifs is 1. The Morgan fingerprint density at radius 1 is 1.28 bits per heavy atom. The molecule has 9 nitrogen and oxygen atoms in total. The molecule has 2 heterocycles. The van der Waals surface area contributed by atoms with Crippen LogP contribution in [-0.2, 0) is 19.6 Å². The Morgan fingerprint density at radius 2 is 1.97 bits per heavy atom. The molecule has 2 aromatic rings. The number of hydrogen-bond acceptors (Lipinski definition) is 7. The Morgan fingerprint density at radius 3 is 2.59 bits per heavy atom. The molecule has 0 radical (unpaired) electrons. The molecule has 0 unspecified atom stereocenters. The van der Waals surface area contributed by atoms with Crippen molar-refractivity contribution in [1.82, 2.24) is 18.4 Å². The van der Waals surface area contributed by atoms with Gasteiger partial charge in [0.05, 0.1) is 11.7 Å². The molecule has 2 N–H and O–H groups in total. The summed E-state index contributed by atoms with van der Waals surface area (Å²) in [6.07, 6.45) is 1.02. The van der Waals surface area contributed by atoms with Crippen LogP contribution in [0.25, 0.3) is 11.0 Å². The van der Waals surface area contributed by atoms with E-state index in [2.05, 4.69) is 14.1 Å². The number of nitrogens with zero attached hydrogens (tertiary/aromatic N) is 3. The highest BCUT2D eigenvalue weighted by Crippen LogP contribution is 2.28. The van der Waals surface area contributed by atoms with E-state index in [1.165, 1.54) is 10.4 Å². The van der Waals surface area contributed by atoms with Crippen LogP contribution >= 0.6 is 11.7 Å². The summed E-state index contributed by atoms with van der Waals surface area (Å²) < 4.78 is 35.6. The smallest absolute Gasteiger partial charge is 0.326 e. The second-order valence-electron chi connectivity index (χ2n) is 7.60. The summed E-state index contributed by atoms with van der Waals surface area (Å²) in [5.41, 5.74) is 0.894. The van der Waals surface area contributed by atoms with Crippen molar-refractivity contribution in [2.45, 2.75) is 44.0 Å². The predicted molar refractivity (Wildman–Crippen MR) is 108 cm³/mol. The number of hydrogen-bond donors (Lipinski definition) is 2. The lowest BCUT2D eigenvalue weighted by molar-refractivity contribution is -0.143. The van der Waals surface area contributed by atoms with Gasteiger partial charge in [0.2, 0.25) is 15.9 Å². The van der Waals surface area contributed by atoms with Gasteiger partial charge in [0.1, 0.15) is 22.0 Å². The van der Waals surface area contributed by atoms with E-state index in [1.54, 1.807) is 12.1 Å². The van der Waals surface area contributed by atoms with Crippen LogP contribution in [0.5, 0.6) is 0 Å². The van der Waals surface area contributed by atoms with E-state index < -0.39 is 28.0 Å². The van der Waals surface area contributed by atoms with Crippen LogP contribution in [0.2, 0.25) is 0 Å². The van der Waals surface area contributed by atoms with E-state index in [9.17, 15) is 23.1 Å². The standard InChI is InChI=1S/C18H24N4O5S2/c1-11(2)10-14(18(24)25)19-17(23)12-6-8-22(9-7-12)29(26,27)15-5-3-4-13-16(15)21-28-20-13/h3-5,11-12,14H,6-10H2,1-2H3,(H,19,23)(H,24,25)/t14-/m0/s1. The number of carboxylic acid groups (broad SMARTS) is 1. The second kappa shape index (κ2) is 8.72. The lowest BCUT2D eigenvalue weighted by Gasteiger charge is -2.31. The van der Waals surface area contributed by atoms with Gasteiger partial charge in [-0.2, -0.15) is 13.1 Å². The number of amides is 1. The van der Waals surface area contributed by atoms with Crippen molar-refractivity contribution >= 4 is 44.7 Å². The number of sulfonamides is 1. The predicted octanol–water partition coefficient (Wildman–Crippen LogP) is 1.71. The average Bonchev–Trinajstić information content (AvgIpc) is 3.15. The number of piperidine rings is 1. The van der Waals surface area contributed by atoms with Crippen molar-refractivity contribution in [3.63, 3.8) is 0 Å². The third kappa shape index (κ3) is 4.73. The Kier molecular flexibility index (Phi) is 6.49. The van der Waals surface area contributed by atoms with Gasteiger partial charge < -0.3 is 10.4 Å². The van der Waals surface area contributed by atoms with Crippen molar-refractivity contribution in [3.05, 3.63) is 18.2 Å². The van der Waals surface area contributed by atoms with Crippen molar-refractivity contribution < 1.29 is 23.1 Å². The van der Waals surface area contributed by atoms with E-state index in [-0.39, 0.29) is 29.8 Å². The molecule has 1 saturated heterocycles. The summed E-state index contributed by atoms with van der Waals surface area (Å²) in [6, 6.07) is 3.93. The zero-order valence-electron chi connectivity index (χ0n) is 16.2. The molecular formula is C18H24N4O5S2. The molecule has 1 amide bonds. The van der Waals surface area contributed by atoms with Crippen LogP contribution in [0, 0.1) is 11.8 Å². The first-order valence-electron chi connectivity index (χ1n) is 9.44. The minimum atomic E-state index is -3.75. The topological polar surface area (TPSA) is 130 Å². The van der Waals surface area contributed by atoms with Gasteiger partial charge >= 0.3 is 5.97 Å². The van der Waals surface area contributed by atoms with Gasteiger partial charge in [-0.25, -0.2) is 13.2 Å². The zero-order valence-corrected chi connectivity index (χ0v) is 17.9. The summed E-state index contributed by atoms with van der Waals surface area (Å²) in [5.74, 6) is -1.67. The number of rotatable bonds is 7. The fourth-order valence-corrected chi connectivity index (χ4v) is 5.69. The summed E-state index contributed by atoms with van der Waals surface area (Å²) >= 11 is 0.962. The largest absolute Gasteiger partial charge is 0.480 e. The van der Waals surface area contributed by atoms with Gasteiger partial charge in [0.25, 0.3) is 0 Å². The van der Waals surface area contributed by atoms with Crippen molar-refractivity contribution in [2.75, 3.05) is 13.1 Å². The highest BCUT2D eigenvalue weighted by Gasteiger charge is 2.34. The molecule has 0 bridgehead atoms. The maximum Gasteiger partial charge on any atom is 0.326 e. The zero-order chi connectivity index (χ0) is 21.2. The summed E-state index contributed by atoms with van der Waals surface area (Å²) in [5, 5.41) is 11.9. The summed E-state index contributed by atoms with van der Waals surface area (Å²) in [4.78, 5) is 24.0. The molecule has 0 aliphatic carbocycles. The lowest BCUT2D eigenvalue weighted by Crippen LogP contribution is -2.47. The van der Waals surface area contributed by atoms with E-state index in [0.29, 0.717) is 30.3 Å². The molecule has 158 valence electrons. The SMILES string of the molecule is CC(C)C[C@H](NC(=O)C1CCN(S(=O)(=O)c2cccc3nsnc23)CC1)C(=O)O. The summed E-state index contributed by atoms with van der Waals surface area (Å²) in [7, 11) is -3.75. The molecule has 0 saturated carbocycles. The number of carbonyl (C=O) groups excluding carboxylic acids is 1. The normalized spacial score (nSPS) is 17.5. The van der Waals surface area contributed by atoms with Crippen LogP contribution in [0.15, 0.2) is 23.1 Å². The highest BCUT2D eigenvalue weighted by molar-refractivity contribution is 7.89. The molecular weight excluding hydrogens is 416 g/mol. The Balaban J connectivity index is 1.66. The van der Waals surface area contributed by atoms with E-state index >= 15 is 0 Å². The molecule has 1 aromatic carbocycles. The fourth-order valence-electron chi connectivity index (χ4n) is 3.47. The first-order valence-corrected chi connectivity index (χ1v) is 11.6. The number of benzene rings is 1. The monoisotopic (exact) mass is 440 g/mol. The molecule has 1 fully saturated rings. The maximum atomic E-state index is 13.0. The summed E-state index contributed by atoms with van der Waals surface area (Å²) in [6.45, 7) is 4.17. The Bertz CT molecular complexity index is 997. The van der Waals surface area contributed by atoms with Gasteiger partial charge in [-0.15, -0.1) is 0 Å². The third-order valence-corrected chi connectivity index (χ3v) is 7.49. The van der Waals surface area contributed by atoms with Crippen LogP contribution in [0.1, 0.15) is 33.1 Å². The van der Waals surface area contributed by atoms with E-state index in [1.807, 2.05) is 13.8 Å². The van der Waals surface area contributed by atoms with Crippen molar-refractivity contribution in [3.8, 4) is 0 Å². The van der Waals surface area contributed by atoms with Gasteiger partial charge in [-0.1, -0.05) is 19.9 Å². The third-order valence-electron chi connectivity index (χ3n) is 5.01. The first kappa shape index (κ1) is 21.6. The van der Waals surface area contributed by atoms with Gasteiger partial charge in [-0.05, 0) is 37.3 Å². The van der Waals surface area contributed by atoms with Gasteiger partial charge in [0.15, 0.2) is 0 Å². The van der Waals surface area contributed by atoms with Crippen LogP contribution < -0.4 is 5.32 Å². The van der Waals surface area contributed by atoms with Crippen LogP contribution in [0.3, 0.4) is 0 Å². The van der Waals surface area contributed by atoms with Crippen LogP contribution in [-0.4, -0.2) is 57.6 Å². The minimum absolute atomic E-state index is 0.120. The molecule has 29 heavy (non-hydrogen) atoms. The number of carbonyl (C=O) groups is 2. The molecule has 0 spiro atoms. The molecule has 1 aliphatic heterocycles. The van der Waals surface area contributed by atoms with Crippen LogP contribution in [0.4, 0.5) is 0 Å². The lowest BCUT2D eigenvalue weighted by atomic mass is 9.96. The quantitative estimate of drug-likeness (QED) is 0.670. The molecule has 1 aromatic heterocycles. The molecule has 1 aliphatic rings. The molecule has 3 rings (SSSR count). The molecule has 11 heteroatoms. The van der Waals surface area contributed by atoms with Crippen molar-refractivity contribution in [2.24, 2.45) is 11.8 Å². The minimum Gasteiger partial charge on any atom is -0.480 e. The number of aliphatic carboxylic acids is 1. The van der Waals surface area contributed by atoms with E-state index in [4.69, 9.17) is 0 Å². The maximum absolute atomic E-state index is 13.0. The van der Waals surface area contributed by atoms with E-state index in [0.717, 1.165) is 11.7 Å². The fraction of sp³-hybridized carbons (Fsp3) is 0.556. The number of carboxylic acids is 1.